The molecule has 0 spiro atoms. The molecule has 4 heteroatoms. The number of benzene rings is 2. The van der Waals surface area contributed by atoms with Crippen LogP contribution in [0.2, 0.25) is 0 Å². The first-order chi connectivity index (χ1) is 11.6. The van der Waals surface area contributed by atoms with Crippen LogP contribution in [0.25, 0.3) is 0 Å². The lowest BCUT2D eigenvalue weighted by Crippen LogP contribution is -2.35. The minimum Gasteiger partial charge on any atom is -0.481 e. The number of hydrogen-bond acceptors (Lipinski definition) is 3. The maximum Gasteiger partial charge on any atom is 0.338 e. The van der Waals surface area contributed by atoms with Gasteiger partial charge in [0.15, 0.2) is 0 Å². The molecule has 0 saturated heterocycles. The average molecular weight is 324 g/mol. The van der Waals surface area contributed by atoms with Crippen LogP contribution >= 0.6 is 0 Å². The standard InChI is InChI=1S/C20H20O4/c1-2-24-18(21)16-9-7-14(8-10-16)13-20(19(22)23)12-11-15-5-3-4-6-17(15)20/h3-10H,2,11-13H2,1H3,(H,22,23). The quantitative estimate of drug-likeness (QED) is 0.857. The minimum absolute atomic E-state index is 0.333. The highest BCUT2D eigenvalue weighted by atomic mass is 16.5. The lowest BCUT2D eigenvalue weighted by atomic mass is 9.76. The molecule has 0 heterocycles. The first-order valence-electron chi connectivity index (χ1n) is 8.14. The second-order valence-corrected chi connectivity index (χ2v) is 6.14. The van der Waals surface area contributed by atoms with Crippen LogP contribution in [0.1, 0.15) is 40.4 Å². The number of fused-ring (bicyclic) bond motifs is 1. The SMILES string of the molecule is CCOC(=O)c1ccc(CC2(C(=O)O)CCc3ccccc32)cc1. The zero-order chi connectivity index (χ0) is 17.2. The van der Waals surface area contributed by atoms with E-state index in [1.807, 2.05) is 36.4 Å². The number of carbonyl (C=O) groups excluding carboxylic acids is 1. The smallest absolute Gasteiger partial charge is 0.338 e. The van der Waals surface area contributed by atoms with Crippen molar-refractivity contribution in [1.82, 2.24) is 0 Å². The van der Waals surface area contributed by atoms with Crippen molar-refractivity contribution in [3.8, 4) is 0 Å². The van der Waals surface area contributed by atoms with Crippen molar-refractivity contribution >= 4 is 11.9 Å². The first kappa shape index (κ1) is 16.2. The number of rotatable bonds is 5. The Bertz CT molecular complexity index is 763. The molecule has 1 unspecified atom stereocenters. The number of carboxylic acids is 1. The number of carbonyl (C=O) groups is 2. The van der Waals surface area contributed by atoms with E-state index < -0.39 is 11.4 Å². The van der Waals surface area contributed by atoms with Gasteiger partial charge >= 0.3 is 11.9 Å². The monoisotopic (exact) mass is 324 g/mol. The normalized spacial score (nSPS) is 18.9. The largest absolute Gasteiger partial charge is 0.481 e. The second kappa shape index (κ2) is 6.48. The van der Waals surface area contributed by atoms with Gasteiger partial charge in [-0.05, 0) is 55.0 Å². The van der Waals surface area contributed by atoms with Gasteiger partial charge in [-0.2, -0.15) is 0 Å². The van der Waals surface area contributed by atoms with Crippen LogP contribution in [-0.2, 0) is 27.8 Å². The summed E-state index contributed by atoms with van der Waals surface area (Å²) in [5, 5.41) is 9.91. The van der Waals surface area contributed by atoms with Crippen LogP contribution < -0.4 is 0 Å². The Balaban J connectivity index is 1.88. The molecule has 3 rings (SSSR count). The summed E-state index contributed by atoms with van der Waals surface area (Å²) in [4.78, 5) is 23.8. The van der Waals surface area contributed by atoms with E-state index in [-0.39, 0.29) is 5.97 Å². The van der Waals surface area contributed by atoms with E-state index in [4.69, 9.17) is 4.74 Å². The predicted octanol–water partition coefficient (Wildman–Crippen LogP) is 3.37. The van der Waals surface area contributed by atoms with E-state index in [0.29, 0.717) is 25.0 Å². The molecule has 0 bridgehead atoms. The number of ether oxygens (including phenoxy) is 1. The van der Waals surface area contributed by atoms with Gasteiger partial charge in [0.2, 0.25) is 0 Å². The van der Waals surface area contributed by atoms with Gasteiger partial charge in [0.05, 0.1) is 17.6 Å². The molecular formula is C20H20O4. The molecule has 0 saturated carbocycles. The Morgan fingerprint density at radius 1 is 1.12 bits per heavy atom. The third-order valence-electron chi connectivity index (χ3n) is 4.73. The zero-order valence-electron chi connectivity index (χ0n) is 13.6. The topological polar surface area (TPSA) is 63.6 Å². The molecule has 2 aromatic rings. The van der Waals surface area contributed by atoms with Crippen molar-refractivity contribution in [3.05, 3.63) is 70.8 Å². The van der Waals surface area contributed by atoms with Crippen LogP contribution in [0.5, 0.6) is 0 Å². The van der Waals surface area contributed by atoms with Gasteiger partial charge in [-0.1, -0.05) is 36.4 Å². The lowest BCUT2D eigenvalue weighted by Gasteiger charge is -2.26. The fourth-order valence-electron chi connectivity index (χ4n) is 3.49. The minimum atomic E-state index is -0.887. The van der Waals surface area contributed by atoms with Gasteiger partial charge < -0.3 is 9.84 Å². The van der Waals surface area contributed by atoms with Gasteiger partial charge in [-0.3, -0.25) is 4.79 Å². The highest BCUT2D eigenvalue weighted by Gasteiger charge is 2.45. The first-order valence-corrected chi connectivity index (χ1v) is 8.14. The molecule has 0 radical (unpaired) electrons. The van der Waals surface area contributed by atoms with Gasteiger partial charge in [0.1, 0.15) is 0 Å². The molecule has 24 heavy (non-hydrogen) atoms. The third-order valence-corrected chi connectivity index (χ3v) is 4.73. The fourth-order valence-corrected chi connectivity index (χ4v) is 3.49. The van der Waals surface area contributed by atoms with Gasteiger partial charge in [-0.25, -0.2) is 4.79 Å². The lowest BCUT2D eigenvalue weighted by molar-refractivity contribution is -0.143. The van der Waals surface area contributed by atoms with Crippen LogP contribution in [0.3, 0.4) is 0 Å². The Labute approximate surface area is 141 Å². The number of hydrogen-bond donors (Lipinski definition) is 1. The summed E-state index contributed by atoms with van der Waals surface area (Å²) in [6.45, 7) is 2.10. The summed E-state index contributed by atoms with van der Waals surface area (Å²) in [7, 11) is 0. The van der Waals surface area contributed by atoms with Crippen molar-refractivity contribution in [2.75, 3.05) is 6.61 Å². The molecule has 1 atom stereocenters. The fraction of sp³-hybridized carbons (Fsp3) is 0.300. The summed E-state index contributed by atoms with van der Waals surface area (Å²) in [5.74, 6) is -1.15. The van der Waals surface area contributed by atoms with Crippen LogP contribution in [0.4, 0.5) is 0 Å². The molecule has 0 aliphatic heterocycles. The van der Waals surface area contributed by atoms with Crippen LogP contribution in [0, 0.1) is 0 Å². The maximum atomic E-state index is 12.1. The average Bonchev–Trinajstić information content (AvgIpc) is 2.96. The number of aryl methyl sites for hydroxylation is 1. The summed E-state index contributed by atoms with van der Waals surface area (Å²) in [6.07, 6.45) is 1.80. The summed E-state index contributed by atoms with van der Waals surface area (Å²) in [5.41, 5.74) is 2.52. The number of esters is 1. The summed E-state index contributed by atoms with van der Waals surface area (Å²) < 4.78 is 4.97. The Morgan fingerprint density at radius 3 is 2.50 bits per heavy atom. The maximum absolute atomic E-state index is 12.1. The van der Waals surface area contributed by atoms with E-state index in [1.165, 1.54) is 0 Å². The third kappa shape index (κ3) is 2.80. The second-order valence-electron chi connectivity index (χ2n) is 6.14. The molecule has 0 amide bonds. The Kier molecular flexibility index (Phi) is 4.38. The molecule has 1 N–H and O–H groups in total. The molecular weight excluding hydrogens is 304 g/mol. The summed E-state index contributed by atoms with van der Waals surface area (Å²) >= 11 is 0. The molecule has 4 nitrogen and oxygen atoms in total. The van der Waals surface area contributed by atoms with E-state index in [0.717, 1.165) is 23.1 Å². The highest BCUT2D eigenvalue weighted by Crippen LogP contribution is 2.41. The van der Waals surface area contributed by atoms with E-state index in [1.54, 1.807) is 19.1 Å². The number of aliphatic carboxylic acids is 1. The predicted molar refractivity (Wildman–Crippen MR) is 90.2 cm³/mol. The van der Waals surface area contributed by atoms with E-state index >= 15 is 0 Å². The molecule has 1 aliphatic rings. The van der Waals surface area contributed by atoms with Crippen molar-refractivity contribution in [2.24, 2.45) is 0 Å². The Hall–Kier alpha value is -2.62. The van der Waals surface area contributed by atoms with Crippen LogP contribution in [-0.4, -0.2) is 23.7 Å². The Morgan fingerprint density at radius 2 is 1.83 bits per heavy atom. The molecule has 0 fully saturated rings. The number of carboxylic acid groups (broad SMARTS) is 1. The van der Waals surface area contributed by atoms with Crippen LogP contribution in [0.15, 0.2) is 48.5 Å². The van der Waals surface area contributed by atoms with E-state index in [9.17, 15) is 14.7 Å². The molecule has 124 valence electrons. The van der Waals surface area contributed by atoms with Gasteiger partial charge in [0.25, 0.3) is 0 Å². The van der Waals surface area contributed by atoms with Crippen molar-refractivity contribution in [1.29, 1.82) is 0 Å². The molecule has 2 aromatic carbocycles. The van der Waals surface area contributed by atoms with Gasteiger partial charge in [0, 0.05) is 0 Å². The molecule has 1 aliphatic carbocycles. The van der Waals surface area contributed by atoms with Crippen molar-refractivity contribution in [2.45, 2.75) is 31.6 Å². The van der Waals surface area contributed by atoms with Crippen molar-refractivity contribution < 1.29 is 19.4 Å². The van der Waals surface area contributed by atoms with Gasteiger partial charge in [-0.15, -0.1) is 0 Å². The van der Waals surface area contributed by atoms with E-state index in [2.05, 4.69) is 0 Å². The van der Waals surface area contributed by atoms with Crippen molar-refractivity contribution in [3.63, 3.8) is 0 Å². The zero-order valence-corrected chi connectivity index (χ0v) is 13.6. The highest BCUT2D eigenvalue weighted by molar-refractivity contribution is 5.89. The summed E-state index contributed by atoms with van der Waals surface area (Å²) in [6, 6.07) is 14.8. The molecule has 0 aromatic heterocycles.